The molecule has 0 N–H and O–H groups in total. The first-order valence-corrected chi connectivity index (χ1v) is 9.99. The molecule has 0 amide bonds. The van der Waals surface area contributed by atoms with Gasteiger partial charge in [0.15, 0.2) is 5.52 Å². The Labute approximate surface area is 137 Å². The molecule has 1 aromatic heterocycles. The molecule has 0 aliphatic rings. The number of fused-ring (bicyclic) bond motifs is 1. The fourth-order valence-corrected chi connectivity index (χ4v) is 5.51. The number of sulfonamides is 1. The quantitative estimate of drug-likeness (QED) is 0.701. The lowest BCUT2D eigenvalue weighted by Crippen LogP contribution is -2.05. The van der Waals surface area contributed by atoms with E-state index in [0.29, 0.717) is 5.02 Å². The molecular formula is C13H10ClN3O4S2. The van der Waals surface area contributed by atoms with Crippen LogP contribution >= 0.6 is 11.6 Å². The van der Waals surface area contributed by atoms with E-state index < -0.39 is 19.8 Å². The van der Waals surface area contributed by atoms with E-state index in [4.69, 9.17) is 11.6 Å². The first kappa shape index (κ1) is 15.9. The average Bonchev–Trinajstić information content (AvgIpc) is 2.94. The van der Waals surface area contributed by atoms with Crippen LogP contribution in [-0.2, 0) is 19.8 Å². The maximum Gasteiger partial charge on any atom is 0.292 e. The SMILES string of the molecule is C[S@@](=O)(=NS(=O)(=O)c1cccc2nonc12)c1ccc(Cl)cc1. The van der Waals surface area contributed by atoms with Gasteiger partial charge >= 0.3 is 0 Å². The van der Waals surface area contributed by atoms with Crippen LogP contribution in [0, 0.1) is 0 Å². The van der Waals surface area contributed by atoms with Crippen molar-refractivity contribution in [1.29, 1.82) is 0 Å². The summed E-state index contributed by atoms with van der Waals surface area (Å²) in [6.07, 6.45) is 1.25. The summed E-state index contributed by atoms with van der Waals surface area (Å²) in [7, 11) is -7.40. The van der Waals surface area contributed by atoms with Gasteiger partial charge in [-0.05, 0) is 46.7 Å². The summed E-state index contributed by atoms with van der Waals surface area (Å²) in [6, 6.07) is 10.3. The average molecular weight is 372 g/mol. The van der Waals surface area contributed by atoms with E-state index in [-0.39, 0.29) is 20.8 Å². The molecule has 3 aromatic rings. The van der Waals surface area contributed by atoms with Crippen molar-refractivity contribution in [2.45, 2.75) is 9.79 Å². The van der Waals surface area contributed by atoms with Crippen LogP contribution in [0.2, 0.25) is 5.02 Å². The van der Waals surface area contributed by atoms with E-state index in [1.165, 1.54) is 42.7 Å². The second-order valence-corrected chi connectivity index (χ2v) is 9.19. The molecule has 7 nitrogen and oxygen atoms in total. The first-order chi connectivity index (χ1) is 10.8. The summed E-state index contributed by atoms with van der Waals surface area (Å²) in [6.45, 7) is 0. The van der Waals surface area contributed by atoms with Crippen molar-refractivity contribution >= 4 is 42.4 Å². The largest absolute Gasteiger partial charge is 0.292 e. The standard InChI is InChI=1S/C13H10ClN3O4S2/c1-22(18,10-7-5-9(14)6-8-10)17-23(19,20)12-4-2-3-11-13(12)16-21-15-11/h2-8H,1H3/t22-/m0/s1. The van der Waals surface area contributed by atoms with E-state index in [9.17, 15) is 12.6 Å². The fraction of sp³-hybridized carbons (Fsp3) is 0.0769. The molecule has 23 heavy (non-hydrogen) atoms. The highest BCUT2D eigenvalue weighted by Crippen LogP contribution is 2.24. The molecule has 0 aliphatic carbocycles. The molecule has 0 radical (unpaired) electrons. The van der Waals surface area contributed by atoms with Gasteiger partial charge in [0.05, 0.1) is 9.73 Å². The van der Waals surface area contributed by atoms with Gasteiger partial charge in [-0.25, -0.2) is 8.84 Å². The van der Waals surface area contributed by atoms with Gasteiger partial charge in [0, 0.05) is 16.2 Å². The van der Waals surface area contributed by atoms with Gasteiger partial charge in [-0.1, -0.05) is 17.7 Å². The number of nitrogens with zero attached hydrogens (tertiary/aromatic N) is 3. The molecule has 0 saturated heterocycles. The van der Waals surface area contributed by atoms with Gasteiger partial charge < -0.3 is 0 Å². The van der Waals surface area contributed by atoms with E-state index in [0.717, 1.165) is 0 Å². The number of rotatable bonds is 3. The number of hydrogen-bond acceptors (Lipinski definition) is 6. The van der Waals surface area contributed by atoms with Crippen LogP contribution < -0.4 is 0 Å². The Morgan fingerprint density at radius 3 is 2.43 bits per heavy atom. The topological polar surface area (TPSA) is 102 Å². The monoisotopic (exact) mass is 371 g/mol. The molecule has 1 atom stereocenters. The molecule has 3 rings (SSSR count). The highest BCUT2D eigenvalue weighted by atomic mass is 35.5. The molecule has 0 bridgehead atoms. The minimum absolute atomic E-state index is 0.0440. The van der Waals surface area contributed by atoms with Crippen LogP contribution in [0.5, 0.6) is 0 Å². The molecule has 120 valence electrons. The van der Waals surface area contributed by atoms with E-state index in [1.54, 1.807) is 6.07 Å². The number of hydrogen-bond donors (Lipinski definition) is 0. The van der Waals surface area contributed by atoms with Crippen LogP contribution in [0.15, 0.2) is 60.7 Å². The number of aromatic nitrogens is 2. The maximum absolute atomic E-state index is 12.7. The van der Waals surface area contributed by atoms with Crippen LogP contribution in [0.1, 0.15) is 0 Å². The zero-order valence-electron chi connectivity index (χ0n) is 11.7. The van der Waals surface area contributed by atoms with Gasteiger partial charge in [0.2, 0.25) is 0 Å². The van der Waals surface area contributed by atoms with Gasteiger partial charge in [0.1, 0.15) is 10.4 Å². The molecule has 0 spiro atoms. The molecular weight excluding hydrogens is 362 g/mol. The Kier molecular flexibility index (Phi) is 3.86. The number of halogens is 1. The Bertz CT molecular complexity index is 1100. The normalized spacial score (nSPS) is 14.5. The zero-order valence-corrected chi connectivity index (χ0v) is 14.1. The molecule has 0 aliphatic heterocycles. The van der Waals surface area contributed by atoms with Crippen LogP contribution in [0.3, 0.4) is 0 Å². The summed E-state index contributed by atoms with van der Waals surface area (Å²) in [4.78, 5) is 0.0516. The lowest BCUT2D eigenvalue weighted by Gasteiger charge is -2.05. The summed E-state index contributed by atoms with van der Waals surface area (Å²) < 4.78 is 45.9. The van der Waals surface area contributed by atoms with Gasteiger partial charge in [-0.2, -0.15) is 8.42 Å². The molecule has 0 unspecified atom stereocenters. The molecule has 0 saturated carbocycles. The lowest BCUT2D eigenvalue weighted by atomic mass is 10.3. The molecule has 1 heterocycles. The van der Waals surface area contributed by atoms with Crippen molar-refractivity contribution in [3.05, 3.63) is 47.5 Å². The van der Waals surface area contributed by atoms with Crippen LogP contribution in [0.4, 0.5) is 0 Å². The Morgan fingerprint density at radius 1 is 1.04 bits per heavy atom. The summed E-state index contributed by atoms with van der Waals surface area (Å²) in [5.41, 5.74) is 0.318. The van der Waals surface area contributed by atoms with Crippen molar-refractivity contribution < 1.29 is 17.3 Å². The second-order valence-electron chi connectivity index (χ2n) is 4.69. The predicted octanol–water partition coefficient (Wildman–Crippen LogP) is 2.72. The second kappa shape index (κ2) is 5.59. The van der Waals surface area contributed by atoms with Crippen molar-refractivity contribution in [3.8, 4) is 0 Å². The third-order valence-corrected chi connectivity index (χ3v) is 7.23. The zero-order chi connectivity index (χ0) is 16.7. The first-order valence-electron chi connectivity index (χ1n) is 6.25. The minimum Gasteiger partial charge on any atom is -0.244 e. The molecule has 2 aromatic carbocycles. The predicted molar refractivity (Wildman–Crippen MR) is 85.2 cm³/mol. The van der Waals surface area contributed by atoms with Crippen LogP contribution in [0.25, 0.3) is 11.0 Å². The highest BCUT2D eigenvalue weighted by molar-refractivity contribution is 8.03. The van der Waals surface area contributed by atoms with Gasteiger partial charge in [0.25, 0.3) is 10.0 Å². The third-order valence-electron chi connectivity index (χ3n) is 3.02. The van der Waals surface area contributed by atoms with Crippen LogP contribution in [-0.4, -0.2) is 29.2 Å². The maximum atomic E-state index is 12.7. The summed E-state index contributed by atoms with van der Waals surface area (Å²) in [5, 5.41) is 7.59. The van der Waals surface area contributed by atoms with E-state index in [2.05, 4.69) is 18.7 Å². The summed E-state index contributed by atoms with van der Waals surface area (Å²) in [5.74, 6) is 0. The molecule has 10 heteroatoms. The smallest absolute Gasteiger partial charge is 0.244 e. The lowest BCUT2D eigenvalue weighted by molar-refractivity contribution is 0.315. The van der Waals surface area contributed by atoms with Crippen molar-refractivity contribution in [2.24, 2.45) is 3.77 Å². The Hall–Kier alpha value is -1.97. The fourth-order valence-electron chi connectivity index (χ4n) is 1.95. The Morgan fingerprint density at radius 2 is 1.74 bits per heavy atom. The summed E-state index contributed by atoms with van der Waals surface area (Å²) >= 11 is 5.78. The van der Waals surface area contributed by atoms with Crippen molar-refractivity contribution in [2.75, 3.05) is 6.26 Å². The van der Waals surface area contributed by atoms with Gasteiger partial charge in [-0.3, -0.25) is 0 Å². The van der Waals surface area contributed by atoms with Gasteiger partial charge in [-0.15, -0.1) is 3.77 Å². The minimum atomic E-state index is -4.22. The van der Waals surface area contributed by atoms with Crippen molar-refractivity contribution in [1.82, 2.24) is 10.3 Å². The molecule has 0 fully saturated rings. The highest BCUT2D eigenvalue weighted by Gasteiger charge is 2.22. The van der Waals surface area contributed by atoms with E-state index in [1.807, 2.05) is 0 Å². The van der Waals surface area contributed by atoms with E-state index >= 15 is 0 Å². The van der Waals surface area contributed by atoms with Crippen molar-refractivity contribution in [3.63, 3.8) is 0 Å². The number of benzene rings is 2. The Balaban J connectivity index is 2.18. The third kappa shape index (κ3) is 3.07.